The number of nitriles is 1. The van der Waals surface area contributed by atoms with E-state index < -0.39 is 11.6 Å². The van der Waals surface area contributed by atoms with Crippen molar-refractivity contribution in [2.75, 3.05) is 20.2 Å². The minimum atomic E-state index is -0.688. The number of likely N-dealkylation sites (tertiary alicyclic amines) is 1. The monoisotopic (exact) mass is 266 g/mol. The Morgan fingerprint density at radius 3 is 2.63 bits per heavy atom. The van der Waals surface area contributed by atoms with Crippen LogP contribution in [0, 0.1) is 28.9 Å². The van der Waals surface area contributed by atoms with Gasteiger partial charge in [0, 0.05) is 18.0 Å². The highest BCUT2D eigenvalue weighted by Crippen LogP contribution is 2.26. The summed E-state index contributed by atoms with van der Waals surface area (Å²) >= 11 is 0. The number of hydrogen-bond donors (Lipinski definition) is 0. The van der Waals surface area contributed by atoms with Crippen LogP contribution in [0.1, 0.15) is 18.4 Å². The van der Waals surface area contributed by atoms with Crippen molar-refractivity contribution < 1.29 is 13.5 Å². The maximum absolute atomic E-state index is 14.0. The fourth-order valence-electron chi connectivity index (χ4n) is 2.34. The minimum Gasteiger partial charge on any atom is -0.491 e. The van der Waals surface area contributed by atoms with Crippen LogP contribution in [0.25, 0.3) is 0 Å². The first-order valence-corrected chi connectivity index (χ1v) is 6.28. The Bertz CT molecular complexity index is 491. The second-order valence-electron chi connectivity index (χ2n) is 4.73. The van der Waals surface area contributed by atoms with Crippen molar-refractivity contribution >= 4 is 0 Å². The van der Waals surface area contributed by atoms with Gasteiger partial charge in [-0.25, -0.2) is 8.78 Å². The van der Waals surface area contributed by atoms with Gasteiger partial charge in [0.1, 0.15) is 0 Å². The zero-order valence-corrected chi connectivity index (χ0v) is 10.8. The minimum absolute atomic E-state index is 0.101. The fraction of sp³-hybridized carbons (Fsp3) is 0.500. The van der Waals surface area contributed by atoms with Crippen LogP contribution in [-0.2, 0) is 6.54 Å². The van der Waals surface area contributed by atoms with Gasteiger partial charge in [0.2, 0.25) is 0 Å². The first kappa shape index (κ1) is 13.8. The number of rotatable bonds is 3. The van der Waals surface area contributed by atoms with Crippen molar-refractivity contribution in [1.82, 2.24) is 4.90 Å². The highest BCUT2D eigenvalue weighted by atomic mass is 19.1. The predicted molar refractivity (Wildman–Crippen MR) is 66.5 cm³/mol. The highest BCUT2D eigenvalue weighted by molar-refractivity contribution is 5.32. The molecule has 1 saturated heterocycles. The molecule has 19 heavy (non-hydrogen) atoms. The number of ether oxygens (including phenoxy) is 1. The van der Waals surface area contributed by atoms with E-state index in [1.165, 1.54) is 19.2 Å². The summed E-state index contributed by atoms with van der Waals surface area (Å²) in [7, 11) is 1.25. The van der Waals surface area contributed by atoms with E-state index in [4.69, 9.17) is 10.00 Å². The summed E-state index contributed by atoms with van der Waals surface area (Å²) in [4.78, 5) is 2.07. The Hall–Kier alpha value is -1.67. The SMILES string of the molecule is COc1c(F)ccc(CN2CCC(C#N)CC2)c1F. The number of hydrogen-bond acceptors (Lipinski definition) is 3. The summed E-state index contributed by atoms with van der Waals surface area (Å²) in [5.41, 5.74) is 0.425. The van der Waals surface area contributed by atoms with Gasteiger partial charge in [0.25, 0.3) is 0 Å². The van der Waals surface area contributed by atoms with Crippen LogP contribution in [-0.4, -0.2) is 25.1 Å². The molecule has 1 aliphatic heterocycles. The van der Waals surface area contributed by atoms with Crippen molar-refractivity contribution in [2.24, 2.45) is 5.92 Å². The van der Waals surface area contributed by atoms with Crippen LogP contribution >= 0.6 is 0 Å². The quantitative estimate of drug-likeness (QED) is 0.844. The van der Waals surface area contributed by atoms with Crippen LogP contribution in [0.15, 0.2) is 12.1 Å². The molecule has 1 heterocycles. The zero-order chi connectivity index (χ0) is 13.8. The summed E-state index contributed by atoms with van der Waals surface area (Å²) in [5, 5.41) is 8.82. The molecule has 0 unspecified atom stereocenters. The molecule has 0 aliphatic carbocycles. The molecule has 2 rings (SSSR count). The van der Waals surface area contributed by atoms with E-state index in [0.717, 1.165) is 25.9 Å². The summed E-state index contributed by atoms with van der Waals surface area (Å²) < 4.78 is 32.0. The standard InChI is InChI=1S/C14H16F2N2O/c1-19-14-12(15)3-2-11(13(14)16)9-18-6-4-10(8-17)5-7-18/h2-3,10H,4-7,9H2,1H3. The van der Waals surface area contributed by atoms with Gasteiger partial charge in [0.05, 0.1) is 13.2 Å². The fourth-order valence-corrected chi connectivity index (χ4v) is 2.34. The second-order valence-corrected chi connectivity index (χ2v) is 4.73. The van der Waals surface area contributed by atoms with Crippen LogP contribution < -0.4 is 4.74 Å². The molecule has 3 nitrogen and oxygen atoms in total. The van der Waals surface area contributed by atoms with Crippen molar-refractivity contribution in [1.29, 1.82) is 5.26 Å². The predicted octanol–water partition coefficient (Wildman–Crippen LogP) is 2.71. The third kappa shape index (κ3) is 3.02. The third-order valence-corrected chi connectivity index (χ3v) is 3.50. The summed E-state index contributed by atoms with van der Waals surface area (Å²) in [5.74, 6) is -1.55. The van der Waals surface area contributed by atoms with E-state index in [-0.39, 0.29) is 11.7 Å². The number of nitrogens with zero attached hydrogens (tertiary/aromatic N) is 2. The van der Waals surface area contributed by atoms with Crippen LogP contribution in [0.4, 0.5) is 8.78 Å². The summed E-state index contributed by atoms with van der Waals surface area (Å²) in [6, 6.07) is 4.92. The Balaban J connectivity index is 2.06. The molecule has 1 aromatic carbocycles. The smallest absolute Gasteiger partial charge is 0.190 e. The van der Waals surface area contributed by atoms with E-state index in [9.17, 15) is 8.78 Å². The van der Waals surface area contributed by atoms with Crippen LogP contribution in [0.2, 0.25) is 0 Å². The highest BCUT2D eigenvalue weighted by Gasteiger charge is 2.21. The summed E-state index contributed by atoms with van der Waals surface area (Å²) in [6.45, 7) is 1.94. The maximum atomic E-state index is 14.0. The Labute approximate surface area is 111 Å². The average molecular weight is 266 g/mol. The molecule has 1 aromatic rings. The number of methoxy groups -OCH3 is 1. The molecule has 0 radical (unpaired) electrons. The van der Waals surface area contributed by atoms with Gasteiger partial charge in [-0.15, -0.1) is 0 Å². The molecule has 1 aliphatic rings. The number of piperidine rings is 1. The van der Waals surface area contributed by atoms with E-state index in [2.05, 4.69) is 11.0 Å². The lowest BCUT2D eigenvalue weighted by atomic mass is 9.98. The first-order chi connectivity index (χ1) is 9.15. The lowest BCUT2D eigenvalue weighted by Gasteiger charge is -2.29. The van der Waals surface area contributed by atoms with E-state index >= 15 is 0 Å². The topological polar surface area (TPSA) is 36.3 Å². The van der Waals surface area contributed by atoms with Crippen molar-refractivity contribution in [3.8, 4) is 11.8 Å². The Morgan fingerprint density at radius 1 is 1.37 bits per heavy atom. The first-order valence-electron chi connectivity index (χ1n) is 6.28. The second kappa shape index (κ2) is 5.98. The molecule has 0 saturated carbocycles. The molecule has 0 aromatic heterocycles. The molecule has 0 N–H and O–H groups in total. The summed E-state index contributed by atoms with van der Waals surface area (Å²) in [6.07, 6.45) is 1.60. The van der Waals surface area contributed by atoms with Gasteiger partial charge in [-0.3, -0.25) is 4.90 Å². The lowest BCUT2D eigenvalue weighted by Crippen LogP contribution is -2.33. The van der Waals surface area contributed by atoms with Crippen LogP contribution in [0.3, 0.4) is 0 Å². The molecule has 5 heteroatoms. The van der Waals surface area contributed by atoms with Gasteiger partial charge in [0.15, 0.2) is 17.4 Å². The third-order valence-electron chi connectivity index (χ3n) is 3.50. The van der Waals surface area contributed by atoms with Crippen LogP contribution in [0.5, 0.6) is 5.75 Å². The van der Waals surface area contributed by atoms with Gasteiger partial charge in [-0.2, -0.15) is 5.26 Å². The largest absolute Gasteiger partial charge is 0.491 e. The van der Waals surface area contributed by atoms with Crippen molar-refractivity contribution in [3.63, 3.8) is 0 Å². The molecular formula is C14H16F2N2O. The zero-order valence-electron chi connectivity index (χ0n) is 10.8. The Kier molecular flexibility index (Phi) is 4.33. The van der Waals surface area contributed by atoms with Gasteiger partial charge >= 0.3 is 0 Å². The molecule has 0 amide bonds. The van der Waals surface area contributed by atoms with Gasteiger partial charge in [-0.05, 0) is 32.0 Å². The van der Waals surface area contributed by atoms with Crippen molar-refractivity contribution in [3.05, 3.63) is 29.3 Å². The maximum Gasteiger partial charge on any atom is 0.190 e. The number of benzene rings is 1. The van der Waals surface area contributed by atoms with E-state index in [0.29, 0.717) is 12.1 Å². The molecule has 0 spiro atoms. The van der Waals surface area contributed by atoms with E-state index in [1.807, 2.05) is 0 Å². The normalized spacial score (nSPS) is 17.2. The van der Waals surface area contributed by atoms with Gasteiger partial charge in [-0.1, -0.05) is 6.07 Å². The Morgan fingerprint density at radius 2 is 2.05 bits per heavy atom. The molecular weight excluding hydrogens is 250 g/mol. The average Bonchev–Trinajstić information content (AvgIpc) is 2.43. The molecule has 102 valence electrons. The number of halogens is 2. The molecule has 0 atom stereocenters. The lowest BCUT2D eigenvalue weighted by molar-refractivity contribution is 0.195. The van der Waals surface area contributed by atoms with Crippen molar-refractivity contribution in [2.45, 2.75) is 19.4 Å². The van der Waals surface area contributed by atoms with Gasteiger partial charge < -0.3 is 4.74 Å². The molecule has 1 fully saturated rings. The molecule has 0 bridgehead atoms. The van der Waals surface area contributed by atoms with E-state index in [1.54, 1.807) is 0 Å².